The Kier molecular flexibility index (Phi) is 5.16. The number of amides is 1. The monoisotopic (exact) mass is 419 g/mol. The third-order valence-electron chi connectivity index (χ3n) is 5.06. The van der Waals surface area contributed by atoms with Crippen molar-refractivity contribution >= 4 is 23.2 Å². The van der Waals surface area contributed by atoms with Gasteiger partial charge in [0, 0.05) is 17.6 Å². The molecule has 4 rings (SSSR count). The number of fused-ring (bicyclic) bond motifs is 1. The lowest BCUT2D eigenvalue weighted by Crippen LogP contribution is -2.21. The number of aromatic nitrogens is 4. The Hall–Kier alpha value is -4.14. The lowest BCUT2D eigenvalue weighted by Gasteiger charge is -2.07. The molecule has 31 heavy (non-hydrogen) atoms. The molecule has 3 heterocycles. The average Bonchev–Trinajstić information content (AvgIpc) is 3.23. The van der Waals surface area contributed by atoms with E-state index >= 15 is 0 Å². The molecule has 158 valence electrons. The van der Waals surface area contributed by atoms with Crippen molar-refractivity contribution in [2.75, 3.05) is 12.4 Å². The molecule has 1 amide bonds. The first-order valence-corrected chi connectivity index (χ1v) is 9.61. The molecule has 4 aromatic rings. The van der Waals surface area contributed by atoms with Crippen molar-refractivity contribution in [3.63, 3.8) is 0 Å². The molecule has 1 aromatic carbocycles. The highest BCUT2D eigenvalue weighted by atomic mass is 16.5. The summed E-state index contributed by atoms with van der Waals surface area (Å²) in [6.07, 6.45) is 1.67. The Bertz CT molecular complexity index is 1360. The van der Waals surface area contributed by atoms with Crippen LogP contribution in [0.1, 0.15) is 37.7 Å². The first-order valence-electron chi connectivity index (χ1n) is 9.61. The number of nitrogens with zero attached hydrogens (tertiary/aromatic N) is 3. The minimum Gasteiger partial charge on any atom is -0.465 e. The van der Waals surface area contributed by atoms with Crippen molar-refractivity contribution in [1.82, 2.24) is 19.2 Å². The third kappa shape index (κ3) is 3.73. The van der Waals surface area contributed by atoms with Gasteiger partial charge in [-0.15, -0.1) is 5.10 Å². The van der Waals surface area contributed by atoms with Crippen molar-refractivity contribution in [2.24, 2.45) is 0 Å². The van der Waals surface area contributed by atoms with Gasteiger partial charge in [-0.1, -0.05) is 18.2 Å². The number of hydrogen-bond donors (Lipinski definition) is 2. The summed E-state index contributed by atoms with van der Waals surface area (Å²) in [5.74, 6) is -0.872. The molecule has 0 bridgehead atoms. The fourth-order valence-electron chi connectivity index (χ4n) is 3.57. The van der Waals surface area contributed by atoms with E-state index in [2.05, 4.69) is 15.4 Å². The second-order valence-corrected chi connectivity index (χ2v) is 7.14. The van der Waals surface area contributed by atoms with Crippen molar-refractivity contribution in [1.29, 1.82) is 0 Å². The van der Waals surface area contributed by atoms with Gasteiger partial charge >= 0.3 is 11.7 Å². The van der Waals surface area contributed by atoms with Crippen LogP contribution < -0.4 is 11.0 Å². The zero-order valence-corrected chi connectivity index (χ0v) is 17.3. The maximum atomic E-state index is 12.8. The normalized spacial score (nSPS) is 10.9. The fraction of sp³-hybridized carbons (Fsp3) is 0.182. The summed E-state index contributed by atoms with van der Waals surface area (Å²) in [4.78, 5) is 40.2. The number of aryl methyl sites for hydroxylation is 1. The van der Waals surface area contributed by atoms with Crippen LogP contribution >= 0.6 is 0 Å². The highest BCUT2D eigenvalue weighted by Crippen LogP contribution is 2.20. The highest BCUT2D eigenvalue weighted by Gasteiger charge is 2.22. The van der Waals surface area contributed by atoms with E-state index in [1.54, 1.807) is 50.4 Å². The van der Waals surface area contributed by atoms with Crippen LogP contribution in [0.5, 0.6) is 0 Å². The summed E-state index contributed by atoms with van der Waals surface area (Å²) in [6, 6.07) is 12.5. The number of rotatable bonds is 5. The van der Waals surface area contributed by atoms with Crippen molar-refractivity contribution in [3.05, 3.63) is 87.2 Å². The SMILES string of the molecule is COC(=O)c1c(C)[nH]c(C(=O)Nc2cccc(Cn3nc4ccccn4c3=O)c2)c1C. The van der Waals surface area contributed by atoms with E-state index in [1.807, 2.05) is 12.1 Å². The Morgan fingerprint density at radius 1 is 1.16 bits per heavy atom. The molecular formula is C22H21N5O4. The van der Waals surface area contributed by atoms with E-state index in [4.69, 9.17) is 4.74 Å². The molecule has 0 saturated carbocycles. The van der Waals surface area contributed by atoms with Gasteiger partial charge in [-0.05, 0) is 49.2 Å². The summed E-state index contributed by atoms with van der Waals surface area (Å²) < 4.78 is 7.63. The lowest BCUT2D eigenvalue weighted by atomic mass is 10.1. The molecule has 0 aliphatic rings. The Morgan fingerprint density at radius 2 is 1.97 bits per heavy atom. The number of esters is 1. The van der Waals surface area contributed by atoms with Gasteiger partial charge in [0.1, 0.15) is 5.69 Å². The molecule has 0 radical (unpaired) electrons. The molecule has 0 spiro atoms. The van der Waals surface area contributed by atoms with Crippen LogP contribution in [0.2, 0.25) is 0 Å². The molecule has 0 saturated heterocycles. The maximum Gasteiger partial charge on any atom is 0.350 e. The first kappa shape index (κ1) is 20.1. The predicted molar refractivity (Wildman–Crippen MR) is 115 cm³/mol. The Balaban J connectivity index is 1.56. The predicted octanol–water partition coefficient (Wildman–Crippen LogP) is 2.53. The number of methoxy groups -OCH3 is 1. The number of anilines is 1. The number of aromatic amines is 1. The summed E-state index contributed by atoms with van der Waals surface area (Å²) in [7, 11) is 1.30. The number of pyridine rings is 1. The third-order valence-corrected chi connectivity index (χ3v) is 5.06. The fourth-order valence-corrected chi connectivity index (χ4v) is 3.57. The van der Waals surface area contributed by atoms with Crippen LogP contribution in [-0.2, 0) is 11.3 Å². The minimum atomic E-state index is -0.495. The van der Waals surface area contributed by atoms with Crippen LogP contribution in [0.4, 0.5) is 5.69 Å². The average molecular weight is 419 g/mol. The van der Waals surface area contributed by atoms with Crippen LogP contribution in [0.3, 0.4) is 0 Å². The molecule has 0 atom stereocenters. The van der Waals surface area contributed by atoms with Gasteiger partial charge in [-0.3, -0.25) is 9.20 Å². The molecule has 3 aromatic heterocycles. The van der Waals surface area contributed by atoms with E-state index < -0.39 is 5.97 Å². The van der Waals surface area contributed by atoms with E-state index in [1.165, 1.54) is 16.2 Å². The summed E-state index contributed by atoms with van der Waals surface area (Å²) >= 11 is 0. The lowest BCUT2D eigenvalue weighted by molar-refractivity contribution is 0.0599. The Morgan fingerprint density at radius 3 is 2.71 bits per heavy atom. The standard InChI is InChI=1S/C22H21N5O4/c1-13-18(21(29)31-3)14(2)23-19(13)20(28)24-16-8-6-7-15(11-16)12-27-22(30)26-10-5-4-9-17(26)25-27/h4-11,23H,12H2,1-3H3,(H,24,28). The van der Waals surface area contributed by atoms with E-state index in [0.29, 0.717) is 33.8 Å². The summed E-state index contributed by atoms with van der Waals surface area (Å²) in [5.41, 5.74) is 3.42. The number of nitrogens with one attached hydrogen (secondary N) is 2. The van der Waals surface area contributed by atoms with Crippen LogP contribution in [0.15, 0.2) is 53.5 Å². The number of benzene rings is 1. The topological polar surface area (TPSA) is 110 Å². The number of ether oxygens (including phenoxy) is 1. The summed E-state index contributed by atoms with van der Waals surface area (Å²) in [5, 5.41) is 7.15. The van der Waals surface area contributed by atoms with Gasteiger partial charge in [0.05, 0.1) is 19.2 Å². The minimum absolute atomic E-state index is 0.238. The second-order valence-electron chi connectivity index (χ2n) is 7.14. The number of H-pyrrole nitrogens is 1. The molecule has 0 fully saturated rings. The molecule has 0 aliphatic carbocycles. The van der Waals surface area contributed by atoms with Crippen molar-refractivity contribution in [3.8, 4) is 0 Å². The number of carbonyl (C=O) groups is 2. The van der Waals surface area contributed by atoms with Gasteiger partial charge in [0.25, 0.3) is 5.91 Å². The van der Waals surface area contributed by atoms with Crippen LogP contribution in [0, 0.1) is 13.8 Å². The van der Waals surface area contributed by atoms with E-state index in [9.17, 15) is 14.4 Å². The van der Waals surface area contributed by atoms with Gasteiger partial charge < -0.3 is 15.0 Å². The molecule has 0 aliphatic heterocycles. The molecule has 9 heteroatoms. The van der Waals surface area contributed by atoms with Crippen LogP contribution in [0.25, 0.3) is 5.65 Å². The quantitative estimate of drug-likeness (QED) is 0.483. The largest absolute Gasteiger partial charge is 0.465 e. The van der Waals surface area contributed by atoms with Crippen LogP contribution in [-0.4, -0.2) is 38.2 Å². The zero-order valence-electron chi connectivity index (χ0n) is 17.3. The molecule has 0 unspecified atom stereocenters. The summed E-state index contributed by atoms with van der Waals surface area (Å²) in [6.45, 7) is 3.66. The van der Waals surface area contributed by atoms with Gasteiger partial charge in [-0.2, -0.15) is 0 Å². The molecule has 2 N–H and O–H groups in total. The second kappa shape index (κ2) is 7.94. The van der Waals surface area contributed by atoms with E-state index in [0.717, 1.165) is 5.56 Å². The molecular weight excluding hydrogens is 398 g/mol. The van der Waals surface area contributed by atoms with Gasteiger partial charge in [-0.25, -0.2) is 14.3 Å². The first-order chi connectivity index (χ1) is 14.9. The highest BCUT2D eigenvalue weighted by molar-refractivity contribution is 6.06. The number of hydrogen-bond acceptors (Lipinski definition) is 5. The van der Waals surface area contributed by atoms with E-state index in [-0.39, 0.29) is 18.1 Å². The number of carbonyl (C=O) groups excluding carboxylic acids is 2. The zero-order chi connectivity index (χ0) is 22.1. The maximum absolute atomic E-state index is 12.8. The Labute approximate surface area is 177 Å². The molecule has 9 nitrogen and oxygen atoms in total. The van der Waals surface area contributed by atoms with Gasteiger partial charge in [0.15, 0.2) is 5.65 Å². The smallest absolute Gasteiger partial charge is 0.350 e. The van der Waals surface area contributed by atoms with Gasteiger partial charge in [0.2, 0.25) is 0 Å². The van der Waals surface area contributed by atoms with Crippen molar-refractivity contribution < 1.29 is 14.3 Å². The van der Waals surface area contributed by atoms with Crippen molar-refractivity contribution in [2.45, 2.75) is 20.4 Å².